The second-order valence-corrected chi connectivity index (χ2v) is 7.17. The van der Waals surface area contributed by atoms with E-state index in [1.807, 2.05) is 91.0 Å². The molecule has 1 aliphatic rings. The molecule has 4 rings (SSSR count). The van der Waals surface area contributed by atoms with Crippen LogP contribution in [0.25, 0.3) is 0 Å². The molecule has 5 heteroatoms. The number of ketones is 1. The Labute approximate surface area is 176 Å². The van der Waals surface area contributed by atoms with Crippen LogP contribution in [0.15, 0.2) is 91.0 Å². The van der Waals surface area contributed by atoms with Crippen molar-refractivity contribution in [3.05, 3.63) is 97.9 Å². The van der Waals surface area contributed by atoms with Crippen molar-refractivity contribution in [1.29, 1.82) is 0 Å². The minimum absolute atomic E-state index is 0.127. The summed E-state index contributed by atoms with van der Waals surface area (Å²) in [7, 11) is 0. The molecular weight excluding hydrogens is 378 g/mol. The summed E-state index contributed by atoms with van der Waals surface area (Å²) in [6.45, 7) is 3.64. The Bertz CT molecular complexity index is 882. The van der Waals surface area contributed by atoms with E-state index in [0.717, 1.165) is 0 Å². The summed E-state index contributed by atoms with van der Waals surface area (Å²) >= 11 is 0. The van der Waals surface area contributed by atoms with Crippen molar-refractivity contribution in [2.75, 3.05) is 0 Å². The summed E-state index contributed by atoms with van der Waals surface area (Å²) in [5.74, 6) is 1.64. The summed E-state index contributed by atoms with van der Waals surface area (Å²) in [4.78, 5) is 18.4. The second-order valence-electron chi connectivity index (χ2n) is 7.17. The van der Waals surface area contributed by atoms with Gasteiger partial charge in [-0.25, -0.2) is 0 Å². The second kappa shape index (κ2) is 9.46. The van der Waals surface area contributed by atoms with Gasteiger partial charge in [0.15, 0.2) is 12.5 Å². The normalized spacial score (nSPS) is 21.6. The monoisotopic (exact) mass is 402 g/mol. The van der Waals surface area contributed by atoms with Gasteiger partial charge in [0.25, 0.3) is 0 Å². The third-order valence-electron chi connectivity index (χ3n) is 4.98. The van der Waals surface area contributed by atoms with Gasteiger partial charge in [0.1, 0.15) is 23.0 Å². The summed E-state index contributed by atoms with van der Waals surface area (Å²) < 4.78 is 12.5. The van der Waals surface area contributed by atoms with E-state index in [2.05, 4.69) is 6.92 Å². The van der Waals surface area contributed by atoms with Crippen LogP contribution in [0.1, 0.15) is 12.8 Å². The van der Waals surface area contributed by atoms with Crippen LogP contribution >= 0.6 is 0 Å². The first-order chi connectivity index (χ1) is 14.7. The summed E-state index contributed by atoms with van der Waals surface area (Å²) in [6.07, 6.45) is -0.131. The van der Waals surface area contributed by atoms with Gasteiger partial charge in [-0.1, -0.05) is 59.7 Å². The molecule has 0 saturated carbocycles. The lowest BCUT2D eigenvalue weighted by atomic mass is 9.91. The lowest BCUT2D eigenvalue weighted by Crippen LogP contribution is -2.56. The maximum absolute atomic E-state index is 12.2. The number of benzene rings is 3. The van der Waals surface area contributed by atoms with E-state index < -0.39 is 12.5 Å². The smallest absolute Gasteiger partial charge is 0.188 e. The number of hydroxylamine groups is 2. The van der Waals surface area contributed by atoms with E-state index in [4.69, 9.17) is 14.3 Å². The largest absolute Gasteiger partial charge is 0.472 e. The molecule has 0 bridgehead atoms. The Morgan fingerprint density at radius 1 is 0.700 bits per heavy atom. The quantitative estimate of drug-likeness (QED) is 0.562. The van der Waals surface area contributed by atoms with Crippen molar-refractivity contribution in [2.24, 2.45) is 5.92 Å². The number of piperidine rings is 1. The molecule has 1 radical (unpaired) electrons. The van der Waals surface area contributed by atoms with Crippen LogP contribution in [0.4, 0.5) is 0 Å². The molecule has 0 amide bonds. The van der Waals surface area contributed by atoms with E-state index in [0.29, 0.717) is 30.1 Å². The number of Topliss-reactive ketones (excluding diaryl/α,β-unsaturated/α-hetero) is 1. The van der Waals surface area contributed by atoms with E-state index >= 15 is 0 Å². The molecular formula is C25H24NO4. The van der Waals surface area contributed by atoms with Gasteiger partial charge < -0.3 is 14.3 Å². The first kappa shape index (κ1) is 20.0. The number of hydrogen-bond donors (Lipinski definition) is 0. The van der Waals surface area contributed by atoms with Crippen molar-refractivity contribution in [3.63, 3.8) is 0 Å². The predicted octanol–water partition coefficient (Wildman–Crippen LogP) is 4.91. The number of carbonyl (C=O) groups excluding carboxylic acids is 1. The molecule has 5 nitrogen and oxygen atoms in total. The van der Waals surface area contributed by atoms with Crippen molar-refractivity contribution in [2.45, 2.75) is 25.3 Å². The fraction of sp³-hybridized carbons (Fsp3) is 0.200. The zero-order valence-corrected chi connectivity index (χ0v) is 16.6. The third kappa shape index (κ3) is 4.99. The van der Waals surface area contributed by atoms with Gasteiger partial charge in [0, 0.05) is 25.7 Å². The standard InChI is InChI=1S/C25H24NO4/c1-19(27)20-17-24(28-21-11-5-2-6-12-21)26(30-23-15-9-4-10-16-23)25(18-20)29-22-13-7-3-8-14-22/h2-16,20,24-25H,1,17-18H2. The Kier molecular flexibility index (Phi) is 6.30. The Balaban J connectivity index is 1.64. The molecule has 1 aliphatic heterocycles. The molecule has 2 unspecified atom stereocenters. The fourth-order valence-electron chi connectivity index (χ4n) is 3.47. The van der Waals surface area contributed by atoms with E-state index in [9.17, 15) is 4.79 Å². The van der Waals surface area contributed by atoms with Crippen molar-refractivity contribution >= 4 is 5.78 Å². The van der Waals surface area contributed by atoms with Crippen LogP contribution in [0.2, 0.25) is 0 Å². The summed E-state index contributed by atoms with van der Waals surface area (Å²) in [5.41, 5.74) is 0. The molecule has 0 aliphatic carbocycles. The van der Waals surface area contributed by atoms with E-state index in [-0.39, 0.29) is 11.7 Å². The Morgan fingerprint density at radius 2 is 1.10 bits per heavy atom. The van der Waals surface area contributed by atoms with Gasteiger partial charge in [0.2, 0.25) is 0 Å². The van der Waals surface area contributed by atoms with Crippen LogP contribution in [-0.4, -0.2) is 23.3 Å². The van der Waals surface area contributed by atoms with Crippen LogP contribution in [-0.2, 0) is 4.79 Å². The molecule has 2 atom stereocenters. The lowest BCUT2D eigenvalue weighted by molar-refractivity contribution is -0.256. The maximum Gasteiger partial charge on any atom is 0.188 e. The van der Waals surface area contributed by atoms with E-state index in [1.54, 1.807) is 5.06 Å². The molecule has 153 valence electrons. The topological polar surface area (TPSA) is 48.0 Å². The van der Waals surface area contributed by atoms with Crippen LogP contribution in [0.5, 0.6) is 17.2 Å². The van der Waals surface area contributed by atoms with Gasteiger partial charge in [-0.15, -0.1) is 0 Å². The molecule has 1 heterocycles. The highest BCUT2D eigenvalue weighted by Crippen LogP contribution is 2.33. The number of para-hydroxylation sites is 3. The molecule has 0 aromatic heterocycles. The van der Waals surface area contributed by atoms with Gasteiger partial charge in [-0.05, 0) is 36.4 Å². The Morgan fingerprint density at radius 3 is 1.50 bits per heavy atom. The summed E-state index contributed by atoms with van der Waals surface area (Å²) in [5, 5.41) is 1.70. The minimum Gasteiger partial charge on any atom is -0.472 e. The van der Waals surface area contributed by atoms with Gasteiger partial charge >= 0.3 is 0 Å². The van der Waals surface area contributed by atoms with Gasteiger partial charge in [0.05, 0.1) is 0 Å². The number of ether oxygens (including phenoxy) is 2. The molecule has 30 heavy (non-hydrogen) atoms. The number of hydrogen-bond acceptors (Lipinski definition) is 5. The predicted molar refractivity (Wildman–Crippen MR) is 114 cm³/mol. The van der Waals surface area contributed by atoms with E-state index in [1.165, 1.54) is 0 Å². The number of nitrogens with zero attached hydrogens (tertiary/aromatic N) is 1. The van der Waals surface area contributed by atoms with Gasteiger partial charge in [-0.3, -0.25) is 4.79 Å². The van der Waals surface area contributed by atoms with Crippen molar-refractivity contribution in [1.82, 2.24) is 5.06 Å². The molecule has 1 fully saturated rings. The molecule has 3 aromatic rings. The molecule has 3 aromatic carbocycles. The van der Waals surface area contributed by atoms with Crippen LogP contribution in [0, 0.1) is 12.8 Å². The SMILES string of the molecule is [CH2]C(=O)C1CC(Oc2ccccc2)N(Oc2ccccc2)C(Oc2ccccc2)C1. The number of carbonyl (C=O) groups is 1. The minimum atomic E-state index is -0.522. The van der Waals surface area contributed by atoms with Crippen LogP contribution < -0.4 is 14.3 Å². The highest BCUT2D eigenvalue weighted by Gasteiger charge is 2.42. The molecule has 0 spiro atoms. The zero-order chi connectivity index (χ0) is 20.8. The van der Waals surface area contributed by atoms with Crippen molar-refractivity contribution < 1.29 is 19.1 Å². The van der Waals surface area contributed by atoms with Crippen molar-refractivity contribution in [3.8, 4) is 17.2 Å². The average molecular weight is 402 g/mol. The first-order valence-electron chi connectivity index (χ1n) is 9.99. The molecule has 0 N–H and O–H groups in total. The van der Waals surface area contributed by atoms with Crippen LogP contribution in [0.3, 0.4) is 0 Å². The van der Waals surface area contributed by atoms with Gasteiger partial charge in [-0.2, -0.15) is 0 Å². The fourth-order valence-corrected chi connectivity index (χ4v) is 3.47. The Hall–Kier alpha value is -3.31. The highest BCUT2D eigenvalue weighted by molar-refractivity contribution is 5.85. The molecule has 1 saturated heterocycles. The zero-order valence-electron chi connectivity index (χ0n) is 16.6. The third-order valence-corrected chi connectivity index (χ3v) is 4.98. The maximum atomic E-state index is 12.2. The lowest BCUT2D eigenvalue weighted by Gasteiger charge is -2.42. The first-order valence-corrected chi connectivity index (χ1v) is 9.99. The highest BCUT2D eigenvalue weighted by atomic mass is 16.7. The number of rotatable bonds is 7. The summed E-state index contributed by atoms with van der Waals surface area (Å²) in [6, 6.07) is 28.5. The average Bonchev–Trinajstić information content (AvgIpc) is 2.78.